The molecule has 1 aromatic heterocycles. The van der Waals surface area contributed by atoms with Crippen LogP contribution < -0.4 is 9.47 Å². The highest BCUT2D eigenvalue weighted by Crippen LogP contribution is 2.49. The highest BCUT2D eigenvalue weighted by Gasteiger charge is 2.53. The Morgan fingerprint density at radius 3 is 2.18 bits per heavy atom. The van der Waals surface area contributed by atoms with Gasteiger partial charge in [0.2, 0.25) is 0 Å². The molecule has 1 saturated carbocycles. The Balaban J connectivity index is 1.07. The summed E-state index contributed by atoms with van der Waals surface area (Å²) in [6.07, 6.45) is 24.2. The summed E-state index contributed by atoms with van der Waals surface area (Å²) in [5.41, 5.74) is -0.352. The topological polar surface area (TPSA) is 44.2 Å². The first-order valence-electron chi connectivity index (χ1n) is 19.4. The van der Waals surface area contributed by atoms with Gasteiger partial charge in [-0.3, -0.25) is 0 Å². The van der Waals surface area contributed by atoms with Crippen LogP contribution in [-0.2, 0) is 5.92 Å². The van der Waals surface area contributed by atoms with Crippen LogP contribution in [0.3, 0.4) is 0 Å². The fourth-order valence-electron chi connectivity index (χ4n) is 6.98. The fraction of sp³-hybridized carbons (Fsp3) is 0.619. The normalized spacial score (nSPS) is 17.7. The number of hydrogen-bond acceptors (Lipinski definition) is 4. The first kappa shape index (κ1) is 38.4. The standard InChI is InChI=1S/C42H57F3N2O2Si/c1-4-5-10-15-30(2)16-11-6-7-12-17-31(3)50-41-42(44,45)38-37(49-41)26-25-36(39(38)43)40-46-28-34(29-47-40)33-21-23-35(24-22-33)48-27-14-9-8-13-18-32-19-20-32/h21-26,28-32,41H,4-20,27H2,1-3H3. The van der Waals surface area contributed by atoms with Gasteiger partial charge in [0, 0.05) is 18.0 Å². The molecule has 3 aromatic rings. The number of halogens is 3. The van der Waals surface area contributed by atoms with Crippen LogP contribution in [0, 0.1) is 17.7 Å². The van der Waals surface area contributed by atoms with Gasteiger partial charge in [-0.1, -0.05) is 136 Å². The third-order valence-electron chi connectivity index (χ3n) is 10.4. The monoisotopic (exact) mass is 706 g/mol. The Kier molecular flexibility index (Phi) is 14.7. The van der Waals surface area contributed by atoms with E-state index in [2.05, 4.69) is 23.8 Å². The molecule has 2 aliphatic rings. The van der Waals surface area contributed by atoms with Crippen LogP contribution >= 0.6 is 0 Å². The number of rotatable bonds is 23. The molecule has 0 N–H and O–H groups in total. The lowest BCUT2D eigenvalue weighted by Gasteiger charge is -2.21. The summed E-state index contributed by atoms with van der Waals surface area (Å²) in [7, 11) is -0.123. The Morgan fingerprint density at radius 2 is 1.48 bits per heavy atom. The van der Waals surface area contributed by atoms with E-state index >= 15 is 13.2 Å². The number of hydrogen-bond donors (Lipinski definition) is 0. The molecule has 0 saturated heterocycles. The molecule has 0 amide bonds. The van der Waals surface area contributed by atoms with E-state index in [1.54, 1.807) is 12.4 Å². The SMILES string of the molecule is CCCCCC(C)CCCCCCC(C)[Si]C1Oc2ccc(-c3ncc(-c4ccc(OCCCCCCC5CC5)cc4)cn3)c(F)c2C1(F)F. The molecule has 1 fully saturated rings. The van der Waals surface area contributed by atoms with Gasteiger partial charge < -0.3 is 9.47 Å². The van der Waals surface area contributed by atoms with Crippen molar-refractivity contribution in [3.05, 3.63) is 60.2 Å². The fourth-order valence-corrected chi connectivity index (χ4v) is 8.42. The average molecular weight is 707 g/mol. The van der Waals surface area contributed by atoms with Crippen molar-refractivity contribution in [3.8, 4) is 34.0 Å². The third-order valence-corrected chi connectivity index (χ3v) is 12.0. The average Bonchev–Trinajstić information content (AvgIpc) is 3.90. The molecule has 272 valence electrons. The lowest BCUT2D eigenvalue weighted by atomic mass is 9.96. The van der Waals surface area contributed by atoms with E-state index in [4.69, 9.17) is 9.47 Å². The van der Waals surface area contributed by atoms with Gasteiger partial charge in [0.05, 0.1) is 12.2 Å². The van der Waals surface area contributed by atoms with Crippen molar-refractivity contribution in [1.82, 2.24) is 9.97 Å². The minimum absolute atomic E-state index is 0.0495. The molecule has 2 aromatic carbocycles. The second kappa shape index (κ2) is 19.1. The first-order valence-corrected chi connectivity index (χ1v) is 20.6. The van der Waals surface area contributed by atoms with Crippen LogP contribution in [0.15, 0.2) is 48.8 Å². The maximum absolute atomic E-state index is 15.8. The molecular weight excluding hydrogens is 650 g/mol. The van der Waals surface area contributed by atoms with Crippen molar-refractivity contribution < 1.29 is 22.6 Å². The predicted octanol–water partition coefficient (Wildman–Crippen LogP) is 12.6. The Hall–Kier alpha value is -2.87. The minimum Gasteiger partial charge on any atom is -0.494 e. The predicted molar refractivity (Wildman–Crippen MR) is 199 cm³/mol. The number of nitrogens with zero attached hydrogens (tertiary/aromatic N) is 2. The molecule has 2 radical (unpaired) electrons. The van der Waals surface area contributed by atoms with E-state index in [-0.39, 0.29) is 32.2 Å². The zero-order valence-electron chi connectivity index (χ0n) is 30.5. The van der Waals surface area contributed by atoms with Gasteiger partial charge in [-0.25, -0.2) is 14.4 Å². The number of alkyl halides is 2. The summed E-state index contributed by atoms with van der Waals surface area (Å²) in [6, 6.07) is 10.6. The van der Waals surface area contributed by atoms with Crippen molar-refractivity contribution in [2.24, 2.45) is 11.8 Å². The van der Waals surface area contributed by atoms with E-state index in [1.165, 1.54) is 95.6 Å². The van der Waals surface area contributed by atoms with Crippen LogP contribution in [0.5, 0.6) is 11.5 Å². The summed E-state index contributed by atoms with van der Waals surface area (Å²) in [4.78, 5) is 8.73. The molecule has 4 nitrogen and oxygen atoms in total. The smallest absolute Gasteiger partial charge is 0.311 e. The maximum Gasteiger partial charge on any atom is 0.311 e. The molecule has 5 rings (SSSR count). The van der Waals surface area contributed by atoms with Gasteiger partial charge in [-0.15, -0.1) is 0 Å². The molecule has 50 heavy (non-hydrogen) atoms. The number of ether oxygens (including phenoxy) is 2. The minimum atomic E-state index is -3.42. The van der Waals surface area contributed by atoms with Crippen molar-refractivity contribution in [1.29, 1.82) is 0 Å². The first-order chi connectivity index (χ1) is 24.3. The zero-order valence-corrected chi connectivity index (χ0v) is 31.5. The van der Waals surface area contributed by atoms with Gasteiger partial charge >= 0.3 is 5.92 Å². The Morgan fingerprint density at radius 1 is 0.820 bits per heavy atom. The van der Waals surface area contributed by atoms with Crippen molar-refractivity contribution >= 4 is 9.52 Å². The lowest BCUT2D eigenvalue weighted by molar-refractivity contribution is -0.0451. The van der Waals surface area contributed by atoms with Gasteiger partial charge in [-0.05, 0) is 53.6 Å². The molecule has 1 aliphatic carbocycles. The summed E-state index contributed by atoms with van der Waals surface area (Å²) in [6.45, 7) is 7.30. The third kappa shape index (κ3) is 11.1. The summed E-state index contributed by atoms with van der Waals surface area (Å²) >= 11 is 0. The van der Waals surface area contributed by atoms with Crippen LogP contribution in [0.25, 0.3) is 22.5 Å². The highest BCUT2D eigenvalue weighted by atomic mass is 28.2. The van der Waals surface area contributed by atoms with Gasteiger partial charge in [0.15, 0.2) is 5.82 Å². The molecule has 8 heteroatoms. The van der Waals surface area contributed by atoms with Gasteiger partial charge in [-0.2, -0.15) is 8.78 Å². The Labute approximate surface area is 301 Å². The molecular formula is C42H57F3N2O2Si. The van der Waals surface area contributed by atoms with Gasteiger partial charge in [0.25, 0.3) is 0 Å². The van der Waals surface area contributed by atoms with Gasteiger partial charge in [0.1, 0.15) is 38.1 Å². The quantitative estimate of drug-likeness (QED) is 0.0727. The maximum atomic E-state index is 15.8. The molecule has 1 aliphatic heterocycles. The number of aromatic nitrogens is 2. The number of benzene rings is 2. The largest absolute Gasteiger partial charge is 0.494 e. The summed E-state index contributed by atoms with van der Waals surface area (Å²) in [5, 5.41) is 0. The second-order valence-corrected chi connectivity index (χ2v) is 16.7. The van der Waals surface area contributed by atoms with E-state index in [0.717, 1.165) is 54.4 Å². The van der Waals surface area contributed by atoms with Crippen molar-refractivity contribution in [2.75, 3.05) is 6.61 Å². The molecule has 2 heterocycles. The van der Waals surface area contributed by atoms with Crippen molar-refractivity contribution in [2.45, 2.75) is 147 Å². The molecule has 3 unspecified atom stereocenters. The van der Waals surface area contributed by atoms with E-state index in [1.807, 2.05) is 31.2 Å². The van der Waals surface area contributed by atoms with Crippen molar-refractivity contribution in [3.63, 3.8) is 0 Å². The highest BCUT2D eigenvalue weighted by molar-refractivity contribution is 6.39. The summed E-state index contributed by atoms with van der Waals surface area (Å²) < 4.78 is 58.7. The number of unbranched alkanes of at least 4 members (excludes halogenated alkanes) is 8. The lowest BCUT2D eigenvalue weighted by Crippen LogP contribution is -2.37. The van der Waals surface area contributed by atoms with Crippen LogP contribution in [0.1, 0.15) is 135 Å². The molecule has 3 atom stereocenters. The summed E-state index contributed by atoms with van der Waals surface area (Å²) in [5.74, 6) is -1.84. The van der Waals surface area contributed by atoms with E-state index < -0.39 is 23.0 Å². The molecule has 0 bridgehead atoms. The van der Waals surface area contributed by atoms with Crippen LogP contribution in [-0.4, -0.2) is 31.8 Å². The van der Waals surface area contributed by atoms with E-state index in [0.29, 0.717) is 6.61 Å². The van der Waals surface area contributed by atoms with Crippen LogP contribution in [0.2, 0.25) is 5.54 Å². The number of fused-ring (bicyclic) bond motifs is 1. The van der Waals surface area contributed by atoms with E-state index in [9.17, 15) is 0 Å². The zero-order chi connectivity index (χ0) is 35.3. The second-order valence-electron chi connectivity index (χ2n) is 14.9. The van der Waals surface area contributed by atoms with Crippen LogP contribution in [0.4, 0.5) is 13.2 Å². The Bertz CT molecular complexity index is 1450. The molecule has 0 spiro atoms.